The van der Waals surface area contributed by atoms with Crippen molar-refractivity contribution < 1.29 is 28.6 Å². The van der Waals surface area contributed by atoms with Gasteiger partial charge >= 0.3 is 0 Å². The molecule has 1 aliphatic heterocycles. The third kappa shape index (κ3) is 4.78. The molecule has 0 fully saturated rings. The van der Waals surface area contributed by atoms with E-state index in [1.807, 2.05) is 0 Å². The number of hydrogen-bond donors (Lipinski definition) is 1. The summed E-state index contributed by atoms with van der Waals surface area (Å²) in [4.78, 5) is 27.1. The molecule has 0 aromatic heterocycles. The van der Waals surface area contributed by atoms with Crippen molar-refractivity contribution in [2.75, 3.05) is 32.6 Å². The summed E-state index contributed by atoms with van der Waals surface area (Å²) in [5.74, 6) is 0.231. The van der Waals surface area contributed by atoms with Gasteiger partial charge in [-0.25, -0.2) is 4.39 Å². The maximum atomic E-state index is 13.3. The van der Waals surface area contributed by atoms with Gasteiger partial charge in [0.2, 0.25) is 0 Å². The second-order valence-electron chi connectivity index (χ2n) is 6.07. The molecular weight excluding hydrogens is 397 g/mol. The van der Waals surface area contributed by atoms with Crippen molar-refractivity contribution in [3.63, 3.8) is 0 Å². The van der Waals surface area contributed by atoms with Gasteiger partial charge in [-0.2, -0.15) is 0 Å². The van der Waals surface area contributed by atoms with Gasteiger partial charge in [-0.15, -0.1) is 11.8 Å². The molecule has 0 aliphatic carbocycles. The SMILES string of the molecule is COc1ccc(OCCN2C(=O)C(SCCO)=C(c3ccc(F)cc3)C2=O)cc1. The highest BCUT2D eigenvalue weighted by molar-refractivity contribution is 8.04. The minimum absolute atomic E-state index is 0.0670. The normalized spacial score (nSPS) is 14.0. The van der Waals surface area contributed by atoms with Crippen LogP contribution in [0.3, 0.4) is 0 Å². The molecule has 2 aromatic carbocycles. The number of methoxy groups -OCH3 is 1. The van der Waals surface area contributed by atoms with Crippen LogP contribution in [0.5, 0.6) is 11.5 Å². The fourth-order valence-corrected chi connectivity index (χ4v) is 3.71. The molecule has 0 atom stereocenters. The predicted molar refractivity (Wildman–Crippen MR) is 108 cm³/mol. The van der Waals surface area contributed by atoms with Crippen LogP contribution in [0.1, 0.15) is 5.56 Å². The molecule has 1 N–H and O–H groups in total. The largest absolute Gasteiger partial charge is 0.497 e. The standard InChI is InChI=1S/C21H20FNO5S/c1-27-16-6-8-17(9-7-16)28-12-10-23-20(25)18(14-2-4-15(22)5-3-14)19(21(23)26)29-13-11-24/h2-9,24H,10-13H2,1H3. The van der Waals surface area contributed by atoms with E-state index in [2.05, 4.69) is 0 Å². The van der Waals surface area contributed by atoms with E-state index in [9.17, 15) is 14.0 Å². The summed E-state index contributed by atoms with van der Waals surface area (Å²) in [6, 6.07) is 12.4. The van der Waals surface area contributed by atoms with Crippen molar-refractivity contribution in [3.8, 4) is 11.5 Å². The lowest BCUT2D eigenvalue weighted by Crippen LogP contribution is -2.35. The van der Waals surface area contributed by atoms with Crippen molar-refractivity contribution in [3.05, 3.63) is 64.8 Å². The first kappa shape index (κ1) is 20.9. The predicted octanol–water partition coefficient (Wildman–Crippen LogP) is 2.72. The number of imide groups is 1. The summed E-state index contributed by atoms with van der Waals surface area (Å²) in [5, 5.41) is 9.11. The minimum atomic E-state index is -0.458. The molecule has 29 heavy (non-hydrogen) atoms. The number of ether oxygens (including phenoxy) is 2. The van der Waals surface area contributed by atoms with Crippen molar-refractivity contribution in [1.29, 1.82) is 0 Å². The summed E-state index contributed by atoms with van der Waals surface area (Å²) < 4.78 is 24.0. The molecule has 6 nitrogen and oxygen atoms in total. The number of thioether (sulfide) groups is 1. The van der Waals surface area contributed by atoms with Crippen molar-refractivity contribution in [2.45, 2.75) is 0 Å². The molecule has 8 heteroatoms. The monoisotopic (exact) mass is 417 g/mol. The molecule has 0 saturated carbocycles. The lowest BCUT2D eigenvalue weighted by molar-refractivity contribution is -0.136. The van der Waals surface area contributed by atoms with Crippen LogP contribution in [0.4, 0.5) is 4.39 Å². The van der Waals surface area contributed by atoms with E-state index >= 15 is 0 Å². The van der Waals surface area contributed by atoms with Crippen molar-refractivity contribution >= 4 is 29.1 Å². The Labute approximate surface area is 171 Å². The quantitative estimate of drug-likeness (QED) is 0.633. The van der Waals surface area contributed by atoms with Gasteiger partial charge in [0.25, 0.3) is 11.8 Å². The molecule has 0 spiro atoms. The van der Waals surface area contributed by atoms with Crippen molar-refractivity contribution in [2.24, 2.45) is 0 Å². The van der Waals surface area contributed by atoms with E-state index in [4.69, 9.17) is 14.6 Å². The Hall–Kier alpha value is -2.84. The van der Waals surface area contributed by atoms with Crippen LogP contribution in [0.15, 0.2) is 53.4 Å². The first-order valence-corrected chi connectivity index (χ1v) is 9.90. The Bertz CT molecular complexity index is 912. The number of amides is 2. The van der Waals surface area contributed by atoms with Crippen LogP contribution in [0, 0.1) is 5.82 Å². The number of nitrogens with zero attached hydrogens (tertiary/aromatic N) is 1. The summed E-state index contributed by atoms with van der Waals surface area (Å²) in [5.41, 5.74) is 0.682. The third-order valence-corrected chi connectivity index (χ3v) is 5.29. The minimum Gasteiger partial charge on any atom is -0.497 e. The maximum absolute atomic E-state index is 13.3. The number of carbonyl (C=O) groups is 2. The van der Waals surface area contributed by atoms with Crippen LogP contribution in [-0.4, -0.2) is 54.4 Å². The second-order valence-corrected chi connectivity index (χ2v) is 7.17. The lowest BCUT2D eigenvalue weighted by Gasteiger charge is -2.15. The van der Waals surface area contributed by atoms with Gasteiger partial charge in [0.15, 0.2) is 0 Å². The number of carbonyl (C=O) groups excluding carboxylic acids is 2. The fraction of sp³-hybridized carbons (Fsp3) is 0.238. The average Bonchev–Trinajstić information content (AvgIpc) is 2.97. The molecule has 2 aromatic rings. The Morgan fingerprint density at radius 3 is 2.28 bits per heavy atom. The maximum Gasteiger partial charge on any atom is 0.268 e. The number of halogens is 1. The van der Waals surface area contributed by atoms with Crippen LogP contribution >= 0.6 is 11.8 Å². The zero-order valence-corrected chi connectivity index (χ0v) is 16.6. The van der Waals surface area contributed by atoms with Gasteiger partial charge in [-0.05, 0) is 42.0 Å². The molecule has 152 valence electrons. The highest BCUT2D eigenvalue weighted by atomic mass is 32.2. The van der Waals surface area contributed by atoms with Crippen LogP contribution in [-0.2, 0) is 9.59 Å². The second kappa shape index (κ2) is 9.58. The molecule has 0 radical (unpaired) electrons. The van der Waals surface area contributed by atoms with E-state index in [-0.39, 0.29) is 36.0 Å². The molecule has 2 amide bonds. The molecule has 0 bridgehead atoms. The van der Waals surface area contributed by atoms with Crippen LogP contribution in [0.2, 0.25) is 0 Å². The zero-order chi connectivity index (χ0) is 20.8. The Kier molecular flexibility index (Phi) is 6.90. The number of aliphatic hydroxyl groups is 1. The summed E-state index contributed by atoms with van der Waals surface area (Å²) in [7, 11) is 1.57. The molecule has 0 saturated heterocycles. The van der Waals surface area contributed by atoms with E-state index < -0.39 is 17.6 Å². The fourth-order valence-electron chi connectivity index (χ4n) is 2.84. The van der Waals surface area contributed by atoms with Gasteiger partial charge in [-0.3, -0.25) is 14.5 Å². The van der Waals surface area contributed by atoms with E-state index in [1.165, 1.54) is 24.3 Å². The Morgan fingerprint density at radius 2 is 1.66 bits per heavy atom. The highest BCUT2D eigenvalue weighted by Gasteiger charge is 2.38. The number of aliphatic hydroxyl groups excluding tert-OH is 1. The summed E-state index contributed by atoms with van der Waals surface area (Å²) in [6.07, 6.45) is 0. The first-order valence-electron chi connectivity index (χ1n) is 8.92. The number of benzene rings is 2. The number of hydrogen-bond acceptors (Lipinski definition) is 6. The van der Waals surface area contributed by atoms with Crippen molar-refractivity contribution in [1.82, 2.24) is 4.90 Å². The Balaban J connectivity index is 1.72. The lowest BCUT2D eigenvalue weighted by atomic mass is 10.1. The van der Waals surface area contributed by atoms with Gasteiger partial charge in [-0.1, -0.05) is 12.1 Å². The summed E-state index contributed by atoms with van der Waals surface area (Å²) >= 11 is 1.11. The molecule has 0 unspecified atom stereocenters. The topological polar surface area (TPSA) is 76.1 Å². The smallest absolute Gasteiger partial charge is 0.268 e. The molecular formula is C21H20FNO5S. The third-order valence-electron chi connectivity index (χ3n) is 4.24. The van der Waals surface area contributed by atoms with Gasteiger partial charge < -0.3 is 14.6 Å². The summed E-state index contributed by atoms with van der Waals surface area (Å²) in [6.45, 7) is 0.0585. The van der Waals surface area contributed by atoms with E-state index in [0.717, 1.165) is 16.7 Å². The average molecular weight is 417 g/mol. The van der Waals surface area contributed by atoms with E-state index in [1.54, 1.807) is 31.4 Å². The van der Waals surface area contributed by atoms with Gasteiger partial charge in [0, 0.05) is 5.75 Å². The van der Waals surface area contributed by atoms with Crippen LogP contribution in [0.25, 0.3) is 5.57 Å². The van der Waals surface area contributed by atoms with Gasteiger partial charge in [0.1, 0.15) is 23.9 Å². The van der Waals surface area contributed by atoms with E-state index in [0.29, 0.717) is 17.1 Å². The highest BCUT2D eigenvalue weighted by Crippen LogP contribution is 2.35. The molecule has 3 rings (SSSR count). The van der Waals surface area contributed by atoms with Crippen LogP contribution < -0.4 is 9.47 Å². The molecule has 1 aliphatic rings. The number of rotatable bonds is 9. The molecule has 1 heterocycles. The zero-order valence-electron chi connectivity index (χ0n) is 15.8. The Morgan fingerprint density at radius 1 is 1.00 bits per heavy atom. The van der Waals surface area contributed by atoms with Gasteiger partial charge in [0.05, 0.1) is 30.7 Å². The first-order chi connectivity index (χ1) is 14.0.